The Bertz CT molecular complexity index is 2230. The zero-order valence-electron chi connectivity index (χ0n) is 31.9. The maximum Gasteiger partial charge on any atom is 0.0531 e. The molecule has 2 nitrogen and oxygen atoms in total. The van der Waals surface area contributed by atoms with Crippen molar-refractivity contribution in [2.24, 2.45) is 11.8 Å². The summed E-state index contributed by atoms with van der Waals surface area (Å²) in [6, 6.07) is 20.6. The van der Waals surface area contributed by atoms with Crippen molar-refractivity contribution < 1.29 is 0 Å². The molecule has 10 rings (SSSR count). The smallest absolute Gasteiger partial charge is 0.0531 e. The first-order chi connectivity index (χ1) is 26.2. The van der Waals surface area contributed by atoms with Gasteiger partial charge in [-0.25, -0.2) is 0 Å². The van der Waals surface area contributed by atoms with E-state index in [-0.39, 0.29) is 0 Å². The quantitative estimate of drug-likeness (QED) is 0.197. The third kappa shape index (κ3) is 5.92. The maximum atomic E-state index is 2.76. The predicted molar refractivity (Wildman–Crippen MR) is 224 cm³/mol. The Labute approximate surface area is 317 Å². The number of rotatable bonds is 5. The Morgan fingerprint density at radius 1 is 0.679 bits per heavy atom. The number of fused-ring (bicyclic) bond motifs is 6. The van der Waals surface area contributed by atoms with E-state index in [1.807, 2.05) is 0 Å². The molecule has 2 atom stereocenters. The second-order valence-electron chi connectivity index (χ2n) is 17.1. The fourth-order valence-corrected chi connectivity index (χ4v) is 11.5. The molecule has 2 aromatic heterocycles. The van der Waals surface area contributed by atoms with Crippen molar-refractivity contribution in [3.05, 3.63) is 147 Å². The number of aromatic nitrogens is 2. The lowest BCUT2D eigenvalue weighted by Gasteiger charge is -2.34. The predicted octanol–water partition coefficient (Wildman–Crippen LogP) is 13.4. The van der Waals surface area contributed by atoms with Crippen molar-refractivity contribution in [2.45, 2.75) is 122 Å². The zero-order valence-corrected chi connectivity index (χ0v) is 31.9. The molecule has 1 saturated carbocycles. The van der Waals surface area contributed by atoms with Crippen LogP contribution in [0.4, 0.5) is 0 Å². The van der Waals surface area contributed by atoms with E-state index in [4.69, 9.17) is 0 Å². The van der Waals surface area contributed by atoms with Gasteiger partial charge in [0.05, 0.1) is 5.52 Å². The molecule has 1 fully saturated rings. The maximum absolute atomic E-state index is 2.76. The van der Waals surface area contributed by atoms with Crippen LogP contribution >= 0.6 is 0 Å². The molecule has 2 heterocycles. The molecule has 0 spiro atoms. The fraction of sp³-hybridized carbons (Fsp3) is 0.412. The molecule has 2 aromatic carbocycles. The minimum Gasteiger partial charge on any atom is -0.317 e. The number of hydrogen-bond acceptors (Lipinski definition) is 0. The highest BCUT2D eigenvalue weighted by atomic mass is 15.0. The molecule has 0 radical (unpaired) electrons. The number of para-hydroxylation sites is 2. The van der Waals surface area contributed by atoms with Crippen molar-refractivity contribution >= 4 is 22.7 Å². The Morgan fingerprint density at radius 2 is 1.51 bits per heavy atom. The lowest BCUT2D eigenvalue weighted by molar-refractivity contribution is 0.371. The van der Waals surface area contributed by atoms with Crippen LogP contribution in [-0.2, 0) is 25.7 Å². The SMILES string of the molecule is C/C1=C(C2CCCCC2)/C=C(C2=CC=CCC2)\C=C(\n2c3c(c4ccccc42)CC(C2CC=Cc4c2c2c(n4-c4ccccc4)CCCC2)CC3)CC1. The molecular formula is C51H56N2. The molecule has 0 amide bonds. The molecule has 4 aromatic rings. The Kier molecular flexibility index (Phi) is 8.89. The molecule has 0 bridgehead atoms. The molecule has 0 saturated heterocycles. The van der Waals surface area contributed by atoms with Gasteiger partial charge in [0, 0.05) is 33.9 Å². The van der Waals surface area contributed by atoms with Crippen molar-refractivity contribution in [3.63, 3.8) is 0 Å². The average Bonchev–Trinajstić information content (AvgIpc) is 3.73. The van der Waals surface area contributed by atoms with E-state index in [1.54, 1.807) is 39.2 Å². The van der Waals surface area contributed by atoms with E-state index in [0.29, 0.717) is 11.8 Å². The normalized spacial score (nSPS) is 26.8. The second kappa shape index (κ2) is 14.2. The first-order valence-corrected chi connectivity index (χ1v) is 21.3. The van der Waals surface area contributed by atoms with Gasteiger partial charge in [-0.3, -0.25) is 0 Å². The summed E-state index contributed by atoms with van der Waals surface area (Å²) in [5.74, 6) is 1.98. The summed E-state index contributed by atoms with van der Waals surface area (Å²) in [6.07, 6.45) is 38.6. The van der Waals surface area contributed by atoms with Gasteiger partial charge in [-0.05, 0) is 178 Å². The summed E-state index contributed by atoms with van der Waals surface area (Å²) in [4.78, 5) is 0. The van der Waals surface area contributed by atoms with Crippen molar-refractivity contribution in [2.75, 3.05) is 0 Å². The topological polar surface area (TPSA) is 9.86 Å². The van der Waals surface area contributed by atoms with Gasteiger partial charge in [0.1, 0.15) is 0 Å². The van der Waals surface area contributed by atoms with Gasteiger partial charge in [-0.15, -0.1) is 0 Å². The van der Waals surface area contributed by atoms with Gasteiger partial charge >= 0.3 is 0 Å². The first kappa shape index (κ1) is 33.3. The number of allylic oxidation sites excluding steroid dienone is 11. The minimum absolute atomic E-state index is 0.592. The minimum atomic E-state index is 0.592. The van der Waals surface area contributed by atoms with Gasteiger partial charge in [-0.1, -0.05) is 91.6 Å². The first-order valence-electron chi connectivity index (χ1n) is 21.3. The van der Waals surface area contributed by atoms with Gasteiger partial charge in [0.15, 0.2) is 0 Å². The van der Waals surface area contributed by atoms with Crippen LogP contribution < -0.4 is 0 Å². The van der Waals surface area contributed by atoms with E-state index in [9.17, 15) is 0 Å². The molecule has 0 aliphatic heterocycles. The van der Waals surface area contributed by atoms with Crippen LogP contribution in [0.15, 0.2) is 113 Å². The van der Waals surface area contributed by atoms with E-state index in [0.717, 1.165) is 38.0 Å². The van der Waals surface area contributed by atoms with Crippen LogP contribution in [0.3, 0.4) is 0 Å². The highest BCUT2D eigenvalue weighted by molar-refractivity contribution is 5.89. The number of hydrogen-bond donors (Lipinski definition) is 0. The summed E-state index contributed by atoms with van der Waals surface area (Å²) < 4.78 is 5.40. The standard InChI is InChI=1S/C51H56N2/c1-35-28-30-41(32-39(36-16-5-2-6-17-36)34-45(35)37-18-7-3-8-19-37)53-47-25-13-11-22-43(47)46-33-38(29-31-49(46)53)42-24-15-27-50-51(42)44-23-12-14-26-48(44)52(50)40-20-9-4-10-21-40/h2,4-5,9-11,13,15-16,20-22,25,27,32,34,37-38,42H,3,6-8,12,14,17-19,23-24,26,28-31,33H2,1H3/b39-34+,41-32+,45-35+. The molecule has 2 unspecified atom stereocenters. The third-order valence-electron chi connectivity index (χ3n) is 14.1. The van der Waals surface area contributed by atoms with Gasteiger partial charge in [-0.2, -0.15) is 0 Å². The molecule has 53 heavy (non-hydrogen) atoms. The monoisotopic (exact) mass is 696 g/mol. The van der Waals surface area contributed by atoms with E-state index >= 15 is 0 Å². The van der Waals surface area contributed by atoms with Crippen LogP contribution in [0.5, 0.6) is 0 Å². The Morgan fingerprint density at radius 3 is 2.38 bits per heavy atom. The molecule has 0 N–H and O–H groups in total. The lowest BCUT2D eigenvalue weighted by Crippen LogP contribution is -2.24. The molecule has 2 heteroatoms. The van der Waals surface area contributed by atoms with E-state index in [2.05, 4.69) is 113 Å². The molecular weight excluding hydrogens is 641 g/mol. The average molecular weight is 697 g/mol. The van der Waals surface area contributed by atoms with Crippen LogP contribution in [0.1, 0.15) is 130 Å². The summed E-state index contributed by atoms with van der Waals surface area (Å²) in [5.41, 5.74) is 20.2. The lowest BCUT2D eigenvalue weighted by atomic mass is 9.71. The van der Waals surface area contributed by atoms with Crippen LogP contribution in [-0.4, -0.2) is 9.13 Å². The number of nitrogens with zero attached hydrogens (tertiary/aromatic N) is 2. The van der Waals surface area contributed by atoms with Crippen molar-refractivity contribution in [1.82, 2.24) is 9.13 Å². The summed E-state index contributed by atoms with van der Waals surface area (Å²) in [7, 11) is 0. The van der Waals surface area contributed by atoms with Crippen molar-refractivity contribution in [1.29, 1.82) is 0 Å². The van der Waals surface area contributed by atoms with Gasteiger partial charge in [0.2, 0.25) is 0 Å². The summed E-state index contributed by atoms with van der Waals surface area (Å²) in [5, 5.41) is 1.49. The van der Waals surface area contributed by atoms with Crippen LogP contribution in [0.2, 0.25) is 0 Å². The second-order valence-corrected chi connectivity index (χ2v) is 17.1. The molecule has 6 aliphatic rings. The fourth-order valence-electron chi connectivity index (χ4n) is 11.5. The highest BCUT2D eigenvalue weighted by Gasteiger charge is 2.37. The van der Waals surface area contributed by atoms with Crippen LogP contribution in [0, 0.1) is 11.8 Å². The summed E-state index contributed by atoms with van der Waals surface area (Å²) >= 11 is 0. The molecule has 6 aliphatic carbocycles. The third-order valence-corrected chi connectivity index (χ3v) is 14.1. The Hall–Kier alpha value is -4.30. The van der Waals surface area contributed by atoms with E-state index < -0.39 is 0 Å². The van der Waals surface area contributed by atoms with Gasteiger partial charge < -0.3 is 9.13 Å². The van der Waals surface area contributed by atoms with Gasteiger partial charge in [0.25, 0.3) is 0 Å². The zero-order chi connectivity index (χ0) is 35.3. The number of benzene rings is 2. The summed E-state index contributed by atoms with van der Waals surface area (Å²) in [6.45, 7) is 2.46. The van der Waals surface area contributed by atoms with Crippen molar-refractivity contribution in [3.8, 4) is 5.69 Å². The van der Waals surface area contributed by atoms with E-state index in [1.165, 1.54) is 116 Å². The highest BCUT2D eigenvalue weighted by Crippen LogP contribution is 2.49. The Balaban J connectivity index is 1.05. The van der Waals surface area contributed by atoms with Crippen LogP contribution in [0.25, 0.3) is 28.4 Å². The molecule has 270 valence electrons. The largest absolute Gasteiger partial charge is 0.317 e.